The molecule has 1 heterocycles. The number of hydrogen-bond donors (Lipinski definition) is 1. The molecular formula is C20H31N3O2S. The molecule has 1 aliphatic rings. The Kier molecular flexibility index (Phi) is 7.85. The van der Waals surface area contributed by atoms with Gasteiger partial charge in [0.1, 0.15) is 0 Å². The van der Waals surface area contributed by atoms with Crippen LogP contribution < -0.4 is 5.32 Å². The summed E-state index contributed by atoms with van der Waals surface area (Å²) in [6, 6.07) is 8.50. The standard InChI is InChI=1S/C20H31N3O2S/c1-5-15(3)22(4)18-11-13-23(14-12-18)20(26)21-17-9-7-16(8-10-17)19(24)25-6-2/h7-10,15,18H,5-6,11-14H2,1-4H3,(H,21,26)/t15-/m0/s1. The highest BCUT2D eigenvalue weighted by Gasteiger charge is 2.25. The molecule has 0 aliphatic carbocycles. The molecule has 1 fully saturated rings. The van der Waals surface area contributed by atoms with Gasteiger partial charge in [0.15, 0.2) is 5.11 Å². The van der Waals surface area contributed by atoms with Gasteiger partial charge in [-0.25, -0.2) is 4.79 Å². The molecule has 1 aliphatic heterocycles. The maximum atomic E-state index is 11.7. The molecule has 1 atom stereocenters. The first-order valence-corrected chi connectivity index (χ1v) is 9.92. The summed E-state index contributed by atoms with van der Waals surface area (Å²) in [4.78, 5) is 16.4. The summed E-state index contributed by atoms with van der Waals surface area (Å²) in [6.45, 7) is 8.65. The summed E-state index contributed by atoms with van der Waals surface area (Å²) in [6.07, 6.45) is 3.44. The van der Waals surface area contributed by atoms with Crippen LogP contribution in [0.1, 0.15) is 50.4 Å². The minimum atomic E-state index is -0.297. The fourth-order valence-corrected chi connectivity index (χ4v) is 3.53. The van der Waals surface area contributed by atoms with Crippen LogP contribution in [0.5, 0.6) is 0 Å². The first kappa shape index (κ1) is 20.6. The Bertz CT molecular complexity index is 598. The number of nitrogens with one attached hydrogen (secondary N) is 1. The van der Waals surface area contributed by atoms with E-state index < -0.39 is 0 Å². The van der Waals surface area contributed by atoms with Gasteiger partial charge in [0.2, 0.25) is 0 Å². The molecule has 0 aromatic heterocycles. The van der Waals surface area contributed by atoms with E-state index in [1.54, 1.807) is 19.1 Å². The fraction of sp³-hybridized carbons (Fsp3) is 0.600. The zero-order valence-corrected chi connectivity index (χ0v) is 17.1. The highest BCUT2D eigenvalue weighted by Crippen LogP contribution is 2.20. The second-order valence-electron chi connectivity index (χ2n) is 6.87. The maximum Gasteiger partial charge on any atom is 0.338 e. The van der Waals surface area contributed by atoms with Gasteiger partial charge in [-0.1, -0.05) is 6.92 Å². The summed E-state index contributed by atoms with van der Waals surface area (Å²) in [7, 11) is 2.23. The molecule has 0 amide bonds. The number of rotatable bonds is 6. The van der Waals surface area contributed by atoms with Gasteiger partial charge in [0.05, 0.1) is 12.2 Å². The number of piperidine rings is 1. The monoisotopic (exact) mass is 377 g/mol. The number of anilines is 1. The zero-order chi connectivity index (χ0) is 19.1. The smallest absolute Gasteiger partial charge is 0.338 e. The number of benzene rings is 1. The van der Waals surface area contributed by atoms with Crippen LogP contribution in [-0.2, 0) is 4.74 Å². The number of hydrogen-bond acceptors (Lipinski definition) is 4. The van der Waals surface area contributed by atoms with Crippen LogP contribution in [0.25, 0.3) is 0 Å². The molecule has 26 heavy (non-hydrogen) atoms. The number of thiocarbonyl (C=S) groups is 1. The molecule has 0 saturated carbocycles. The van der Waals surface area contributed by atoms with Crippen molar-refractivity contribution < 1.29 is 9.53 Å². The highest BCUT2D eigenvalue weighted by molar-refractivity contribution is 7.80. The quantitative estimate of drug-likeness (QED) is 0.602. The molecule has 0 spiro atoms. The Hall–Kier alpha value is -1.66. The summed E-state index contributed by atoms with van der Waals surface area (Å²) in [5, 5.41) is 4.03. The molecule has 2 rings (SSSR count). The summed E-state index contributed by atoms with van der Waals surface area (Å²) >= 11 is 5.57. The average Bonchev–Trinajstić information content (AvgIpc) is 2.67. The van der Waals surface area contributed by atoms with Gasteiger partial charge >= 0.3 is 5.97 Å². The molecule has 6 heteroatoms. The molecule has 0 bridgehead atoms. The van der Waals surface area contributed by atoms with Crippen LogP contribution in [0.3, 0.4) is 0 Å². The van der Waals surface area contributed by atoms with Crippen LogP contribution in [0, 0.1) is 0 Å². The Morgan fingerprint density at radius 2 is 1.92 bits per heavy atom. The molecule has 1 aromatic carbocycles. The number of carbonyl (C=O) groups excluding carboxylic acids is 1. The predicted octanol–water partition coefficient (Wildman–Crippen LogP) is 3.75. The van der Waals surface area contributed by atoms with Crippen molar-refractivity contribution in [3.05, 3.63) is 29.8 Å². The van der Waals surface area contributed by atoms with E-state index >= 15 is 0 Å². The molecule has 1 aromatic rings. The van der Waals surface area contributed by atoms with E-state index in [-0.39, 0.29) is 5.97 Å². The third kappa shape index (κ3) is 5.42. The van der Waals surface area contributed by atoms with Gasteiger partial charge < -0.3 is 19.9 Å². The van der Waals surface area contributed by atoms with Crippen LogP contribution in [0.4, 0.5) is 5.69 Å². The van der Waals surface area contributed by atoms with Gasteiger partial charge in [0, 0.05) is 30.9 Å². The molecule has 1 saturated heterocycles. The first-order valence-electron chi connectivity index (χ1n) is 9.51. The summed E-state index contributed by atoms with van der Waals surface area (Å²) in [5.41, 5.74) is 1.44. The number of esters is 1. The maximum absolute atomic E-state index is 11.7. The van der Waals surface area contributed by atoms with Gasteiger partial charge in [-0.2, -0.15) is 0 Å². The Morgan fingerprint density at radius 1 is 1.31 bits per heavy atom. The van der Waals surface area contributed by atoms with Gasteiger partial charge in [-0.05, 0) is 76.6 Å². The van der Waals surface area contributed by atoms with Crippen molar-refractivity contribution in [3.8, 4) is 0 Å². The van der Waals surface area contributed by atoms with Crippen molar-refractivity contribution >= 4 is 29.0 Å². The number of carbonyl (C=O) groups is 1. The second-order valence-corrected chi connectivity index (χ2v) is 7.26. The molecular weight excluding hydrogens is 346 g/mol. The SMILES string of the molecule is CCOC(=O)c1ccc(NC(=S)N2CCC(N(C)[C@@H](C)CC)CC2)cc1. The van der Waals surface area contributed by atoms with Gasteiger partial charge in [0.25, 0.3) is 0 Å². The van der Waals surface area contributed by atoms with E-state index in [9.17, 15) is 4.79 Å². The Morgan fingerprint density at radius 3 is 2.46 bits per heavy atom. The second kappa shape index (κ2) is 9.88. The van der Waals surface area contributed by atoms with Crippen LogP contribution in [-0.4, -0.2) is 59.7 Å². The topological polar surface area (TPSA) is 44.8 Å². The Balaban J connectivity index is 1.84. The Labute approximate surface area is 162 Å². The van der Waals surface area contributed by atoms with Crippen molar-refractivity contribution in [1.29, 1.82) is 0 Å². The lowest BCUT2D eigenvalue weighted by molar-refractivity contribution is 0.0526. The predicted molar refractivity (Wildman–Crippen MR) is 111 cm³/mol. The van der Waals surface area contributed by atoms with Crippen molar-refractivity contribution in [2.24, 2.45) is 0 Å². The van der Waals surface area contributed by atoms with Crippen molar-refractivity contribution in [2.75, 3.05) is 32.1 Å². The third-order valence-corrected chi connectivity index (χ3v) is 5.62. The van der Waals surface area contributed by atoms with Crippen LogP contribution in [0.2, 0.25) is 0 Å². The van der Waals surface area contributed by atoms with E-state index in [4.69, 9.17) is 17.0 Å². The zero-order valence-electron chi connectivity index (χ0n) is 16.3. The lowest BCUT2D eigenvalue weighted by Crippen LogP contribution is -2.48. The normalized spacial score (nSPS) is 16.4. The first-order chi connectivity index (χ1) is 12.5. The van der Waals surface area contributed by atoms with Crippen molar-refractivity contribution in [3.63, 3.8) is 0 Å². The average molecular weight is 378 g/mol. The molecule has 144 valence electrons. The largest absolute Gasteiger partial charge is 0.462 e. The molecule has 1 N–H and O–H groups in total. The lowest BCUT2D eigenvalue weighted by Gasteiger charge is -2.40. The lowest BCUT2D eigenvalue weighted by atomic mass is 10.0. The third-order valence-electron chi connectivity index (χ3n) is 5.26. The highest BCUT2D eigenvalue weighted by atomic mass is 32.1. The molecule has 5 nitrogen and oxygen atoms in total. The summed E-state index contributed by atoms with van der Waals surface area (Å²) < 4.78 is 5.00. The number of likely N-dealkylation sites (tertiary alicyclic amines) is 1. The van der Waals surface area contributed by atoms with Crippen molar-refractivity contribution in [1.82, 2.24) is 9.80 Å². The number of ether oxygens (including phenoxy) is 1. The summed E-state index contributed by atoms with van der Waals surface area (Å²) in [5.74, 6) is -0.297. The van der Waals surface area contributed by atoms with Gasteiger partial charge in [-0.15, -0.1) is 0 Å². The van der Waals surface area contributed by atoms with E-state index in [1.165, 1.54) is 6.42 Å². The van der Waals surface area contributed by atoms with E-state index in [0.717, 1.165) is 36.7 Å². The minimum absolute atomic E-state index is 0.297. The number of nitrogens with zero attached hydrogens (tertiary/aromatic N) is 2. The van der Waals surface area contributed by atoms with Crippen LogP contribution in [0.15, 0.2) is 24.3 Å². The fourth-order valence-electron chi connectivity index (χ4n) is 3.23. The van der Waals surface area contributed by atoms with Crippen LogP contribution >= 0.6 is 12.2 Å². The van der Waals surface area contributed by atoms with E-state index in [2.05, 4.69) is 36.0 Å². The molecule has 0 unspecified atom stereocenters. The van der Waals surface area contributed by atoms with Gasteiger partial charge in [-0.3, -0.25) is 0 Å². The minimum Gasteiger partial charge on any atom is -0.462 e. The van der Waals surface area contributed by atoms with E-state index in [1.807, 2.05) is 12.1 Å². The van der Waals surface area contributed by atoms with Crippen molar-refractivity contribution in [2.45, 2.75) is 52.1 Å². The molecule has 0 radical (unpaired) electrons. The van der Waals surface area contributed by atoms with E-state index in [0.29, 0.717) is 24.3 Å².